The third-order valence-corrected chi connectivity index (χ3v) is 12.6. The molecule has 0 rings (SSSR count). The van der Waals surface area contributed by atoms with Crippen LogP contribution < -0.4 is 5.32 Å². The van der Waals surface area contributed by atoms with Crippen LogP contribution in [0.25, 0.3) is 0 Å². The van der Waals surface area contributed by atoms with E-state index in [4.69, 9.17) is 4.74 Å². The molecule has 0 saturated carbocycles. The first kappa shape index (κ1) is 58.6. The number of nitrogens with one attached hydrogen (secondary N) is 1. The third kappa shape index (κ3) is 46.1. The molecule has 2 unspecified atom stereocenters. The molecular formula is C54H105NO5. The average molecular weight is 848 g/mol. The van der Waals surface area contributed by atoms with E-state index in [0.29, 0.717) is 25.9 Å². The molecule has 0 saturated heterocycles. The zero-order chi connectivity index (χ0) is 43.7. The maximum absolute atomic E-state index is 12.4. The SMILES string of the molecule is CCCCCCCCCCCCCCCCC(=O)OCCCCCCCCCCC/C=C\CCCCCCCCCC(=O)NC(CO)C(O)CCCCCCCCCCC. The minimum atomic E-state index is -0.666. The number of hydrogen-bond acceptors (Lipinski definition) is 5. The summed E-state index contributed by atoms with van der Waals surface area (Å²) in [4.78, 5) is 24.4. The van der Waals surface area contributed by atoms with Gasteiger partial charge in [-0.2, -0.15) is 0 Å². The first-order valence-electron chi connectivity index (χ1n) is 26.9. The van der Waals surface area contributed by atoms with Gasteiger partial charge in [0.25, 0.3) is 0 Å². The second kappa shape index (κ2) is 50.2. The summed E-state index contributed by atoms with van der Waals surface area (Å²) in [5.74, 6) is -0.0371. The smallest absolute Gasteiger partial charge is 0.305 e. The Kier molecular flexibility index (Phi) is 49.1. The van der Waals surface area contributed by atoms with Gasteiger partial charge in [0.05, 0.1) is 25.4 Å². The Morgan fingerprint density at radius 3 is 1.18 bits per heavy atom. The molecule has 356 valence electrons. The average Bonchev–Trinajstić information content (AvgIpc) is 3.25. The molecule has 0 aromatic carbocycles. The second-order valence-electron chi connectivity index (χ2n) is 18.6. The van der Waals surface area contributed by atoms with E-state index < -0.39 is 12.1 Å². The number of unbranched alkanes of at least 4 members (excludes halogenated alkanes) is 37. The van der Waals surface area contributed by atoms with Gasteiger partial charge < -0.3 is 20.3 Å². The van der Waals surface area contributed by atoms with Crippen molar-refractivity contribution in [1.82, 2.24) is 5.32 Å². The minimum Gasteiger partial charge on any atom is -0.466 e. The lowest BCUT2D eigenvalue weighted by molar-refractivity contribution is -0.143. The van der Waals surface area contributed by atoms with Crippen LogP contribution in [0.2, 0.25) is 0 Å². The Balaban J connectivity index is 3.39. The fourth-order valence-corrected chi connectivity index (χ4v) is 8.40. The number of carbonyl (C=O) groups is 2. The molecule has 0 aliphatic heterocycles. The van der Waals surface area contributed by atoms with Gasteiger partial charge in [0, 0.05) is 12.8 Å². The molecule has 1 amide bonds. The third-order valence-electron chi connectivity index (χ3n) is 12.6. The number of aliphatic hydroxyl groups excluding tert-OH is 2. The number of carbonyl (C=O) groups excluding carboxylic acids is 2. The van der Waals surface area contributed by atoms with Crippen molar-refractivity contribution < 1.29 is 24.5 Å². The number of aliphatic hydroxyl groups is 2. The van der Waals surface area contributed by atoms with Crippen LogP contribution >= 0.6 is 0 Å². The lowest BCUT2D eigenvalue weighted by atomic mass is 10.0. The Labute approximate surface area is 374 Å². The van der Waals surface area contributed by atoms with Crippen LogP contribution in [0.15, 0.2) is 12.2 Å². The molecule has 0 aliphatic rings. The molecule has 60 heavy (non-hydrogen) atoms. The van der Waals surface area contributed by atoms with Gasteiger partial charge in [-0.25, -0.2) is 0 Å². The number of rotatable bonds is 50. The van der Waals surface area contributed by atoms with Crippen molar-refractivity contribution in [1.29, 1.82) is 0 Å². The summed E-state index contributed by atoms with van der Waals surface area (Å²) >= 11 is 0. The maximum atomic E-state index is 12.4. The van der Waals surface area contributed by atoms with Crippen LogP contribution in [0.4, 0.5) is 0 Å². The van der Waals surface area contributed by atoms with E-state index in [-0.39, 0.29) is 18.5 Å². The van der Waals surface area contributed by atoms with Crippen molar-refractivity contribution in [3.63, 3.8) is 0 Å². The minimum absolute atomic E-state index is 0.00845. The van der Waals surface area contributed by atoms with E-state index in [2.05, 4.69) is 31.3 Å². The molecule has 0 heterocycles. The molecular weight excluding hydrogens is 743 g/mol. The second-order valence-corrected chi connectivity index (χ2v) is 18.6. The Morgan fingerprint density at radius 2 is 0.783 bits per heavy atom. The fourth-order valence-electron chi connectivity index (χ4n) is 8.40. The normalized spacial score (nSPS) is 12.7. The summed E-state index contributed by atoms with van der Waals surface area (Å²) < 4.78 is 5.47. The molecule has 2 atom stereocenters. The summed E-state index contributed by atoms with van der Waals surface area (Å²) in [6.45, 7) is 4.93. The highest BCUT2D eigenvalue weighted by Gasteiger charge is 2.20. The summed E-state index contributed by atoms with van der Waals surface area (Å²) in [5.41, 5.74) is 0. The van der Waals surface area contributed by atoms with Gasteiger partial charge in [-0.15, -0.1) is 0 Å². The van der Waals surface area contributed by atoms with Gasteiger partial charge >= 0.3 is 5.97 Å². The number of ether oxygens (including phenoxy) is 1. The van der Waals surface area contributed by atoms with Crippen LogP contribution in [-0.4, -0.2) is 47.4 Å². The van der Waals surface area contributed by atoms with E-state index in [9.17, 15) is 19.8 Å². The van der Waals surface area contributed by atoms with Crippen molar-refractivity contribution in [3.05, 3.63) is 12.2 Å². The molecule has 0 fully saturated rings. The van der Waals surface area contributed by atoms with E-state index in [0.717, 1.165) is 38.5 Å². The molecule has 0 radical (unpaired) electrons. The highest BCUT2D eigenvalue weighted by molar-refractivity contribution is 5.76. The quantitative estimate of drug-likeness (QED) is 0.0322. The van der Waals surface area contributed by atoms with Crippen molar-refractivity contribution in [2.75, 3.05) is 13.2 Å². The molecule has 6 nitrogen and oxygen atoms in total. The van der Waals surface area contributed by atoms with Crippen LogP contribution in [-0.2, 0) is 14.3 Å². The van der Waals surface area contributed by atoms with Gasteiger partial charge in [-0.3, -0.25) is 9.59 Å². The highest BCUT2D eigenvalue weighted by Crippen LogP contribution is 2.16. The van der Waals surface area contributed by atoms with Gasteiger partial charge in [-0.05, 0) is 51.4 Å². The van der Waals surface area contributed by atoms with E-state index >= 15 is 0 Å². The van der Waals surface area contributed by atoms with Gasteiger partial charge in [-0.1, -0.05) is 244 Å². The van der Waals surface area contributed by atoms with Gasteiger partial charge in [0.2, 0.25) is 5.91 Å². The lowest BCUT2D eigenvalue weighted by Crippen LogP contribution is -2.45. The Bertz CT molecular complexity index is 893. The maximum Gasteiger partial charge on any atom is 0.305 e. The number of allylic oxidation sites excluding steroid dienone is 2. The predicted molar refractivity (Wildman–Crippen MR) is 260 cm³/mol. The topological polar surface area (TPSA) is 95.9 Å². The number of hydrogen-bond donors (Lipinski definition) is 3. The molecule has 0 spiro atoms. The molecule has 6 heteroatoms. The van der Waals surface area contributed by atoms with E-state index in [1.165, 1.54) is 225 Å². The summed E-state index contributed by atoms with van der Waals surface area (Å²) in [7, 11) is 0. The molecule has 0 aromatic heterocycles. The van der Waals surface area contributed by atoms with Gasteiger partial charge in [0.1, 0.15) is 0 Å². The van der Waals surface area contributed by atoms with Crippen molar-refractivity contribution in [2.45, 2.75) is 309 Å². The van der Waals surface area contributed by atoms with Crippen molar-refractivity contribution in [2.24, 2.45) is 0 Å². The van der Waals surface area contributed by atoms with Gasteiger partial charge in [0.15, 0.2) is 0 Å². The monoisotopic (exact) mass is 848 g/mol. The first-order valence-corrected chi connectivity index (χ1v) is 26.9. The Morgan fingerprint density at radius 1 is 0.450 bits per heavy atom. The fraction of sp³-hybridized carbons (Fsp3) is 0.926. The van der Waals surface area contributed by atoms with E-state index in [1.54, 1.807) is 0 Å². The molecule has 0 aromatic rings. The van der Waals surface area contributed by atoms with Crippen molar-refractivity contribution >= 4 is 11.9 Å². The van der Waals surface area contributed by atoms with Crippen LogP contribution in [0.1, 0.15) is 296 Å². The number of esters is 1. The number of amides is 1. The zero-order valence-corrected chi connectivity index (χ0v) is 40.5. The predicted octanol–water partition coefficient (Wildman–Crippen LogP) is 16.1. The molecule has 0 bridgehead atoms. The highest BCUT2D eigenvalue weighted by atomic mass is 16.5. The lowest BCUT2D eigenvalue weighted by Gasteiger charge is -2.22. The largest absolute Gasteiger partial charge is 0.466 e. The molecule has 0 aliphatic carbocycles. The van der Waals surface area contributed by atoms with Crippen LogP contribution in [0, 0.1) is 0 Å². The van der Waals surface area contributed by atoms with E-state index in [1.807, 2.05) is 0 Å². The zero-order valence-electron chi connectivity index (χ0n) is 40.5. The van der Waals surface area contributed by atoms with Crippen LogP contribution in [0.5, 0.6) is 0 Å². The van der Waals surface area contributed by atoms with Crippen LogP contribution in [0.3, 0.4) is 0 Å². The summed E-state index contributed by atoms with van der Waals surface area (Å²) in [6.07, 6.45) is 57.7. The first-order chi connectivity index (χ1) is 29.5. The standard InChI is InChI=1S/C54H105NO5/c1-3-5-7-9-11-13-14-15-25-28-32-36-40-44-48-54(59)60-49-45-41-37-33-29-26-23-21-19-17-16-18-20-22-24-27-31-35-39-43-47-53(58)55-51(50-56)52(57)46-42-38-34-30-12-10-8-6-4-2/h16,18,51-52,56-57H,3-15,17,19-50H2,1-2H3,(H,55,58)/b18-16-. The van der Waals surface area contributed by atoms with Crippen molar-refractivity contribution in [3.8, 4) is 0 Å². The molecule has 3 N–H and O–H groups in total. The summed E-state index contributed by atoms with van der Waals surface area (Å²) in [5, 5.41) is 23.1. The summed E-state index contributed by atoms with van der Waals surface area (Å²) in [6, 6.07) is -0.544. The Hall–Kier alpha value is -1.40.